The van der Waals surface area contributed by atoms with E-state index in [1.54, 1.807) is 53.2 Å². The topological polar surface area (TPSA) is 233 Å². The summed E-state index contributed by atoms with van der Waals surface area (Å²) in [6, 6.07) is 52.9. The van der Waals surface area contributed by atoms with E-state index in [9.17, 15) is 28.7 Å². The summed E-state index contributed by atoms with van der Waals surface area (Å²) < 4.78 is 36.9. The Morgan fingerprint density at radius 2 is 1.11 bits per heavy atom. The first-order chi connectivity index (χ1) is 45.2. The van der Waals surface area contributed by atoms with Gasteiger partial charge in [-0.2, -0.15) is 9.31 Å². The molecule has 3 N–H and O–H groups in total. The number of hydrogen-bond acceptors (Lipinski definition) is 13. The summed E-state index contributed by atoms with van der Waals surface area (Å²) in [6.45, 7) is 0.984. The average Bonchev–Trinajstić information content (AvgIpc) is 1.76. The SMILES string of the molecule is COc1ccc(C(OCN(CC(=O)N2CCc3c2ccc2[nH]c(C(=O)N4CCc5c4ccc4[nH]c(C(=O)N6CCc7c6ccc6[nH]c(C(=O)OP(F)P)cc76)cc54)cc32)c2ccc(N=Nc3ccc([N+](=O)[O-])cc3Cl)cc2)(c2ccccc2)c2ccc(OC)cc2)cc1. The summed E-state index contributed by atoms with van der Waals surface area (Å²) in [5, 5.41) is 22.5. The third-order valence-electron chi connectivity index (χ3n) is 17.5. The highest BCUT2D eigenvalue weighted by atomic mass is 35.5. The van der Waals surface area contributed by atoms with Crippen LogP contribution in [0.5, 0.6) is 11.5 Å². The number of H-pyrrole nitrogens is 3. The van der Waals surface area contributed by atoms with Crippen LogP contribution in [0.25, 0.3) is 32.7 Å². The molecule has 0 saturated carbocycles. The third-order valence-corrected chi connectivity index (χ3v) is 18.5. The van der Waals surface area contributed by atoms with Gasteiger partial charge in [-0.3, -0.25) is 24.5 Å². The first-order valence-corrected chi connectivity index (χ1v) is 32.8. The van der Waals surface area contributed by atoms with Crippen LogP contribution in [-0.4, -0.2) is 90.7 Å². The van der Waals surface area contributed by atoms with Crippen molar-refractivity contribution >= 4 is 125 Å². The van der Waals surface area contributed by atoms with Gasteiger partial charge in [-0.1, -0.05) is 66.2 Å². The maximum absolute atomic E-state index is 15.2. The fourth-order valence-electron chi connectivity index (χ4n) is 13.0. The maximum Gasteiger partial charge on any atom is 0.359 e. The molecule has 11 aromatic rings. The highest BCUT2D eigenvalue weighted by Gasteiger charge is 2.40. The number of methoxy groups -OCH3 is 2. The summed E-state index contributed by atoms with van der Waals surface area (Å²) in [5.41, 5.74) is 10.4. The van der Waals surface area contributed by atoms with Crippen molar-refractivity contribution in [1.29, 1.82) is 0 Å². The molecule has 14 rings (SSSR count). The number of ether oxygens (including phenoxy) is 3. The van der Waals surface area contributed by atoms with E-state index < -0.39 is 24.6 Å². The van der Waals surface area contributed by atoms with E-state index in [2.05, 4.69) is 25.2 Å². The van der Waals surface area contributed by atoms with Crippen molar-refractivity contribution in [3.8, 4) is 11.5 Å². The van der Waals surface area contributed by atoms with Gasteiger partial charge in [0, 0.05) is 87.2 Å². The lowest BCUT2D eigenvalue weighted by Gasteiger charge is -2.38. The van der Waals surface area contributed by atoms with E-state index >= 15 is 4.79 Å². The molecule has 2 unspecified atom stereocenters. The Bertz CT molecular complexity index is 4780. The molecule has 20 nitrogen and oxygen atoms in total. The van der Waals surface area contributed by atoms with E-state index in [1.165, 1.54) is 18.2 Å². The standard InChI is InChI=1S/C69H56ClFN10O10P2/c1-88-46-17-8-41(9-18-46)69(40-6-4-3-5-7-40,42-10-19-47(89-2)20-11-42)90-39-77(44-14-12-43(13-15-44)75-76-58-21-16-45(81(86)87)34-54(58)70)38-65(82)78-31-28-48-51-35-59(72-55(51)22-25-62(48)78)66(83)79-32-29-49-52-36-60(73-56(52)23-26-63(49)79)67(84)80-33-30-50-53-37-61(68(85)91-93(71)92)74-57(53)24-27-64(50)80/h3-27,34-37,72-74H,28-33,38-39,92H2,1-2H3. The molecule has 466 valence electrons. The molecule has 3 aliphatic rings. The van der Waals surface area contributed by atoms with Gasteiger partial charge in [-0.05, 0) is 171 Å². The summed E-state index contributed by atoms with van der Waals surface area (Å²) in [7, 11) is 2.61. The first kappa shape index (κ1) is 60.3. The van der Waals surface area contributed by atoms with E-state index in [0.29, 0.717) is 78.7 Å². The third kappa shape index (κ3) is 11.2. The second kappa shape index (κ2) is 24.7. The molecule has 24 heteroatoms. The molecule has 0 fully saturated rings. The number of nitro groups is 1. The van der Waals surface area contributed by atoms with E-state index in [1.807, 2.05) is 147 Å². The minimum atomic E-state index is -2.47. The number of amides is 3. The van der Waals surface area contributed by atoms with Crippen LogP contribution in [0.1, 0.15) is 64.8 Å². The van der Waals surface area contributed by atoms with Gasteiger partial charge in [0.25, 0.3) is 25.6 Å². The van der Waals surface area contributed by atoms with Crippen LogP contribution in [-0.2, 0) is 38.9 Å². The predicted molar refractivity (Wildman–Crippen MR) is 359 cm³/mol. The van der Waals surface area contributed by atoms with Gasteiger partial charge >= 0.3 is 5.97 Å². The lowest BCUT2D eigenvalue weighted by molar-refractivity contribution is -0.384. The van der Waals surface area contributed by atoms with E-state index in [4.69, 9.17) is 30.3 Å². The highest BCUT2D eigenvalue weighted by Crippen LogP contribution is 2.48. The van der Waals surface area contributed by atoms with Crippen molar-refractivity contribution in [3.63, 3.8) is 0 Å². The van der Waals surface area contributed by atoms with Crippen molar-refractivity contribution < 1.29 is 47.0 Å². The van der Waals surface area contributed by atoms with Crippen LogP contribution < -0.4 is 29.1 Å². The molecule has 8 aromatic carbocycles. The Morgan fingerprint density at radius 1 is 0.624 bits per heavy atom. The predicted octanol–water partition coefficient (Wildman–Crippen LogP) is 15.1. The minimum absolute atomic E-state index is 0.0700. The number of nitrogens with zero attached hydrogens (tertiary/aromatic N) is 7. The molecule has 0 spiro atoms. The van der Waals surface area contributed by atoms with Gasteiger partial charge in [-0.25, -0.2) is 4.79 Å². The molecule has 2 atom stereocenters. The zero-order chi connectivity index (χ0) is 64.2. The molecule has 0 bridgehead atoms. The molecular formula is C69H56ClFN10O10P2. The number of azo groups is 1. The van der Waals surface area contributed by atoms with Gasteiger partial charge in [0.1, 0.15) is 46.6 Å². The molecule has 3 amide bonds. The Hall–Kier alpha value is -10.3. The second-order valence-electron chi connectivity index (χ2n) is 22.6. The number of carbonyl (C=O) groups excluding carboxylic acids is 4. The monoisotopic (exact) mass is 1300 g/mol. The van der Waals surface area contributed by atoms with Crippen LogP contribution in [0.2, 0.25) is 5.02 Å². The van der Waals surface area contributed by atoms with Crippen molar-refractivity contribution in [2.75, 3.05) is 66.7 Å². The van der Waals surface area contributed by atoms with Gasteiger partial charge in [0.05, 0.1) is 36.4 Å². The summed E-state index contributed by atoms with van der Waals surface area (Å²) >= 11 is 6.36. The number of benzene rings is 8. The zero-order valence-corrected chi connectivity index (χ0v) is 52.7. The summed E-state index contributed by atoms with van der Waals surface area (Å²) in [4.78, 5) is 84.4. The number of halogens is 2. The molecule has 0 radical (unpaired) electrons. The van der Waals surface area contributed by atoms with E-state index in [0.717, 1.165) is 77.6 Å². The number of nitro benzene ring substituents is 1. The maximum atomic E-state index is 15.2. The minimum Gasteiger partial charge on any atom is -0.497 e. The molecule has 0 saturated heterocycles. The molecule has 93 heavy (non-hydrogen) atoms. The van der Waals surface area contributed by atoms with Crippen molar-refractivity contribution in [2.45, 2.75) is 24.9 Å². The number of nitrogens with one attached hydrogen (secondary N) is 3. The second-order valence-corrected chi connectivity index (χ2v) is 24.9. The van der Waals surface area contributed by atoms with Crippen molar-refractivity contribution in [2.24, 2.45) is 10.2 Å². The smallest absolute Gasteiger partial charge is 0.359 e. The zero-order valence-electron chi connectivity index (χ0n) is 49.9. The number of non-ortho nitro benzene ring substituents is 1. The van der Waals surface area contributed by atoms with Crippen molar-refractivity contribution in [1.82, 2.24) is 15.0 Å². The first-order valence-electron chi connectivity index (χ1n) is 29.7. The number of aromatic nitrogens is 3. The van der Waals surface area contributed by atoms with Gasteiger partial charge in [0.15, 0.2) is 0 Å². The molecule has 6 heterocycles. The number of rotatable bonds is 18. The lowest BCUT2D eigenvalue weighted by Crippen LogP contribution is -2.43. The van der Waals surface area contributed by atoms with Crippen LogP contribution >= 0.6 is 28.7 Å². The Kier molecular flexibility index (Phi) is 16.0. The van der Waals surface area contributed by atoms with Crippen LogP contribution in [0.15, 0.2) is 186 Å². The molecule has 3 aliphatic heterocycles. The Morgan fingerprint density at radius 3 is 1.60 bits per heavy atom. The number of aromatic amines is 3. The molecule has 3 aromatic heterocycles. The summed E-state index contributed by atoms with van der Waals surface area (Å²) in [6.07, 6.45) is 1.65. The Labute approximate surface area is 539 Å². The number of fused-ring (bicyclic) bond motifs is 9. The van der Waals surface area contributed by atoms with Gasteiger partial charge < -0.3 is 53.3 Å². The quantitative estimate of drug-likeness (QED) is 0.0182. The van der Waals surface area contributed by atoms with E-state index in [-0.39, 0.29) is 53.1 Å². The number of carbonyl (C=O) groups is 4. The van der Waals surface area contributed by atoms with Crippen LogP contribution in [0, 0.1) is 10.1 Å². The van der Waals surface area contributed by atoms with Crippen LogP contribution in [0.4, 0.5) is 44.0 Å². The largest absolute Gasteiger partial charge is 0.497 e. The van der Waals surface area contributed by atoms with Crippen LogP contribution in [0.3, 0.4) is 0 Å². The highest BCUT2D eigenvalue weighted by molar-refractivity contribution is 8.08. The molecule has 0 aliphatic carbocycles. The fourth-order valence-corrected chi connectivity index (χ4v) is 13.8. The number of anilines is 4. The van der Waals surface area contributed by atoms with Gasteiger partial charge in [-0.15, -0.1) is 5.11 Å². The molecular weight excluding hydrogens is 1250 g/mol. The normalized spacial score (nSPS) is 13.8. The van der Waals surface area contributed by atoms with Gasteiger partial charge in [0.2, 0.25) is 5.91 Å². The number of hydrogen-bond donors (Lipinski definition) is 3. The lowest BCUT2D eigenvalue weighted by atomic mass is 9.80. The fraction of sp³-hybridized carbons (Fsp3) is 0.159. The van der Waals surface area contributed by atoms with Crippen molar-refractivity contribution in [3.05, 3.63) is 242 Å². The summed E-state index contributed by atoms with van der Waals surface area (Å²) in [5.74, 6) is -0.119. The Balaban J connectivity index is 0.732. The average molecular weight is 1300 g/mol.